The van der Waals surface area contributed by atoms with Crippen LogP contribution in [0.25, 0.3) is 11.1 Å². The fourth-order valence-corrected chi connectivity index (χ4v) is 4.07. The Morgan fingerprint density at radius 2 is 1.55 bits per heavy atom. The third-order valence-corrected chi connectivity index (χ3v) is 5.82. The number of nitrogens with zero attached hydrogens (tertiary/aromatic N) is 2. The Balaban J connectivity index is 1.58. The number of morpholine rings is 1. The molecular weight excluding hydrogens is 416 g/mol. The van der Waals surface area contributed by atoms with Crippen LogP contribution in [0.3, 0.4) is 0 Å². The summed E-state index contributed by atoms with van der Waals surface area (Å²) >= 11 is 0. The van der Waals surface area contributed by atoms with Crippen molar-refractivity contribution in [2.75, 3.05) is 40.5 Å². The molecule has 0 aliphatic carbocycles. The molecule has 170 valence electrons. The van der Waals surface area contributed by atoms with Crippen LogP contribution in [-0.2, 0) is 17.9 Å². The maximum atomic E-state index is 9.52. The molecule has 1 fully saturated rings. The van der Waals surface area contributed by atoms with E-state index in [0.717, 1.165) is 66.6 Å². The first kappa shape index (κ1) is 22.7. The van der Waals surface area contributed by atoms with Gasteiger partial charge in [0.15, 0.2) is 0 Å². The van der Waals surface area contributed by atoms with E-state index in [9.17, 15) is 5.26 Å². The highest BCUT2D eigenvalue weighted by atomic mass is 16.5. The van der Waals surface area contributed by atoms with Gasteiger partial charge in [-0.25, -0.2) is 0 Å². The zero-order chi connectivity index (χ0) is 23.0. The summed E-state index contributed by atoms with van der Waals surface area (Å²) in [5.41, 5.74) is 4.52. The summed E-state index contributed by atoms with van der Waals surface area (Å²) in [6.07, 6.45) is 0. The lowest BCUT2D eigenvalue weighted by molar-refractivity contribution is 0.0335. The summed E-state index contributed by atoms with van der Waals surface area (Å²) < 4.78 is 23.0. The number of hydrogen-bond donors (Lipinski definition) is 0. The zero-order valence-electron chi connectivity index (χ0n) is 19.0. The van der Waals surface area contributed by atoms with Crippen molar-refractivity contribution < 1.29 is 18.9 Å². The lowest BCUT2D eigenvalue weighted by Gasteiger charge is -2.28. The first-order valence-electron chi connectivity index (χ1n) is 11.0. The second-order valence-corrected chi connectivity index (χ2v) is 7.80. The van der Waals surface area contributed by atoms with Gasteiger partial charge in [0, 0.05) is 31.8 Å². The topological polar surface area (TPSA) is 64.0 Å². The molecule has 0 aromatic heterocycles. The lowest BCUT2D eigenvalue weighted by atomic mass is 9.96. The highest BCUT2D eigenvalue weighted by molar-refractivity contribution is 5.73. The Morgan fingerprint density at radius 1 is 0.909 bits per heavy atom. The third-order valence-electron chi connectivity index (χ3n) is 5.82. The van der Waals surface area contributed by atoms with Crippen LogP contribution in [0.4, 0.5) is 0 Å². The van der Waals surface area contributed by atoms with Crippen molar-refractivity contribution in [2.45, 2.75) is 13.2 Å². The predicted molar refractivity (Wildman–Crippen MR) is 127 cm³/mol. The second-order valence-electron chi connectivity index (χ2n) is 7.80. The minimum absolute atomic E-state index is 0.352. The van der Waals surface area contributed by atoms with E-state index in [-0.39, 0.29) is 0 Å². The number of ether oxygens (including phenoxy) is 4. The zero-order valence-corrected chi connectivity index (χ0v) is 19.0. The van der Waals surface area contributed by atoms with Gasteiger partial charge in [0.25, 0.3) is 0 Å². The summed E-state index contributed by atoms with van der Waals surface area (Å²) in [6.45, 7) is 4.31. The van der Waals surface area contributed by atoms with Crippen molar-refractivity contribution in [2.24, 2.45) is 0 Å². The van der Waals surface area contributed by atoms with E-state index in [1.807, 2.05) is 60.7 Å². The largest absolute Gasteiger partial charge is 0.496 e. The fourth-order valence-electron chi connectivity index (χ4n) is 4.07. The third kappa shape index (κ3) is 5.28. The van der Waals surface area contributed by atoms with Gasteiger partial charge in [-0.2, -0.15) is 5.26 Å². The molecule has 1 aliphatic rings. The second kappa shape index (κ2) is 10.9. The maximum Gasteiger partial charge on any atom is 0.130 e. The molecule has 1 heterocycles. The van der Waals surface area contributed by atoms with E-state index in [0.29, 0.717) is 17.9 Å². The van der Waals surface area contributed by atoms with Gasteiger partial charge < -0.3 is 18.9 Å². The Kier molecular flexibility index (Phi) is 7.46. The SMILES string of the molecule is COc1cc(OCc2ccccc2-c2ccccc2C#N)cc(OC)c1CN1CCOCC1. The van der Waals surface area contributed by atoms with Crippen LogP contribution in [0, 0.1) is 11.3 Å². The van der Waals surface area contributed by atoms with Gasteiger partial charge in [-0.1, -0.05) is 42.5 Å². The van der Waals surface area contributed by atoms with Gasteiger partial charge >= 0.3 is 0 Å². The summed E-state index contributed by atoms with van der Waals surface area (Å²) in [5.74, 6) is 2.13. The molecule has 0 atom stereocenters. The van der Waals surface area contributed by atoms with Gasteiger partial charge in [0.2, 0.25) is 0 Å². The average molecular weight is 445 g/mol. The Hall–Kier alpha value is -3.53. The molecule has 0 saturated carbocycles. The van der Waals surface area contributed by atoms with Gasteiger partial charge in [-0.15, -0.1) is 0 Å². The molecule has 0 unspecified atom stereocenters. The average Bonchev–Trinajstić information content (AvgIpc) is 2.88. The molecule has 6 nitrogen and oxygen atoms in total. The highest BCUT2D eigenvalue weighted by Crippen LogP contribution is 2.36. The monoisotopic (exact) mass is 444 g/mol. The summed E-state index contributed by atoms with van der Waals surface area (Å²) in [4.78, 5) is 2.33. The Labute approximate surface area is 194 Å². The van der Waals surface area contributed by atoms with E-state index < -0.39 is 0 Å². The fraction of sp³-hybridized carbons (Fsp3) is 0.296. The van der Waals surface area contributed by atoms with Gasteiger partial charge in [0.05, 0.1) is 44.6 Å². The molecule has 0 bridgehead atoms. The molecule has 33 heavy (non-hydrogen) atoms. The van der Waals surface area contributed by atoms with Gasteiger partial charge in [-0.05, 0) is 22.8 Å². The van der Waals surface area contributed by atoms with Crippen LogP contribution in [-0.4, -0.2) is 45.4 Å². The van der Waals surface area contributed by atoms with Crippen LogP contribution in [0.2, 0.25) is 0 Å². The van der Waals surface area contributed by atoms with Crippen LogP contribution >= 0.6 is 0 Å². The summed E-state index contributed by atoms with van der Waals surface area (Å²) in [6, 6.07) is 21.7. The van der Waals surface area contributed by atoms with Crippen LogP contribution in [0.1, 0.15) is 16.7 Å². The van der Waals surface area contributed by atoms with Crippen molar-refractivity contribution in [3.63, 3.8) is 0 Å². The van der Waals surface area contributed by atoms with Crippen molar-refractivity contribution in [1.29, 1.82) is 5.26 Å². The van der Waals surface area contributed by atoms with Crippen molar-refractivity contribution >= 4 is 0 Å². The van der Waals surface area contributed by atoms with Gasteiger partial charge in [-0.3, -0.25) is 4.90 Å². The normalized spacial score (nSPS) is 13.8. The van der Waals surface area contributed by atoms with E-state index in [4.69, 9.17) is 18.9 Å². The molecule has 3 aromatic carbocycles. The Bertz CT molecular complexity index is 1110. The number of benzene rings is 3. The molecule has 0 spiro atoms. The van der Waals surface area contributed by atoms with Crippen LogP contribution in [0.5, 0.6) is 17.2 Å². The van der Waals surface area contributed by atoms with Crippen molar-refractivity contribution in [1.82, 2.24) is 4.90 Å². The van der Waals surface area contributed by atoms with Gasteiger partial charge in [0.1, 0.15) is 23.9 Å². The van der Waals surface area contributed by atoms with E-state index in [2.05, 4.69) is 11.0 Å². The predicted octanol–water partition coefficient (Wildman–Crippen LogP) is 4.65. The van der Waals surface area contributed by atoms with E-state index in [1.54, 1.807) is 14.2 Å². The minimum Gasteiger partial charge on any atom is -0.496 e. The van der Waals surface area contributed by atoms with Crippen molar-refractivity contribution in [3.8, 4) is 34.4 Å². The molecule has 0 N–H and O–H groups in total. The minimum atomic E-state index is 0.352. The summed E-state index contributed by atoms with van der Waals surface area (Å²) in [5, 5.41) is 9.52. The van der Waals surface area contributed by atoms with Crippen LogP contribution < -0.4 is 14.2 Å². The molecule has 4 rings (SSSR count). The highest BCUT2D eigenvalue weighted by Gasteiger charge is 2.19. The maximum absolute atomic E-state index is 9.52. The molecular formula is C27H28N2O4. The molecule has 1 saturated heterocycles. The number of nitriles is 1. The Morgan fingerprint density at radius 3 is 2.21 bits per heavy atom. The molecule has 0 radical (unpaired) electrons. The van der Waals surface area contributed by atoms with Crippen molar-refractivity contribution in [3.05, 3.63) is 77.4 Å². The standard InChI is InChI=1S/C27H28N2O4/c1-30-26-15-22(16-27(31-2)25(26)18-29-11-13-32-14-12-29)33-19-21-8-4-6-10-24(21)23-9-5-3-7-20(23)17-28/h3-10,15-16H,11-14,18-19H2,1-2H3. The molecule has 3 aromatic rings. The number of methoxy groups -OCH3 is 2. The smallest absolute Gasteiger partial charge is 0.130 e. The van der Waals surface area contributed by atoms with Crippen LogP contribution in [0.15, 0.2) is 60.7 Å². The first-order chi connectivity index (χ1) is 16.2. The number of rotatable bonds is 8. The molecule has 6 heteroatoms. The summed E-state index contributed by atoms with van der Waals surface area (Å²) in [7, 11) is 3.32. The molecule has 0 amide bonds. The molecule has 1 aliphatic heterocycles. The first-order valence-corrected chi connectivity index (χ1v) is 11.0. The van der Waals surface area contributed by atoms with E-state index in [1.165, 1.54) is 0 Å². The lowest BCUT2D eigenvalue weighted by Crippen LogP contribution is -2.35. The number of hydrogen-bond acceptors (Lipinski definition) is 6. The van der Waals surface area contributed by atoms with E-state index >= 15 is 0 Å². The quantitative estimate of drug-likeness (QED) is 0.504.